The Morgan fingerprint density at radius 1 is 0.950 bits per heavy atom. The van der Waals surface area contributed by atoms with Gasteiger partial charge in [0.2, 0.25) is 5.43 Å². The molecule has 2 rings (SSSR count). The van der Waals surface area contributed by atoms with Crippen molar-refractivity contribution in [1.29, 1.82) is 0 Å². The molecule has 102 valence electrons. The lowest BCUT2D eigenvalue weighted by atomic mass is 10.2. The largest absolute Gasteiger partial charge is 0.418 e. The normalized spacial score (nSPS) is 10.2. The summed E-state index contributed by atoms with van der Waals surface area (Å²) in [6.45, 7) is 5.39. The van der Waals surface area contributed by atoms with Gasteiger partial charge in [-0.15, -0.1) is 0 Å². The quantitative estimate of drug-likeness (QED) is 0.786. The molecule has 0 unspecified atom stereocenters. The lowest BCUT2D eigenvalue weighted by Gasteiger charge is -2.04. The number of hydrogen-bond acceptors (Lipinski definition) is 3. The average Bonchev–Trinajstić information content (AvgIpc) is 2.51. The van der Waals surface area contributed by atoms with Crippen LogP contribution in [0.25, 0.3) is 0 Å². The zero-order valence-electron chi connectivity index (χ0n) is 11.8. The molecule has 0 aliphatic heterocycles. The van der Waals surface area contributed by atoms with Crippen LogP contribution in [0, 0.1) is 20.8 Å². The van der Waals surface area contributed by atoms with Gasteiger partial charge in [0.1, 0.15) is 0 Å². The lowest BCUT2D eigenvalue weighted by molar-refractivity contribution is 0.0732. The first-order chi connectivity index (χ1) is 9.49. The summed E-state index contributed by atoms with van der Waals surface area (Å²) in [5.74, 6) is -0.418. The van der Waals surface area contributed by atoms with Crippen molar-refractivity contribution in [3.63, 3.8) is 0 Å². The molecule has 0 heterocycles. The first-order valence-electron chi connectivity index (χ1n) is 6.38. The van der Waals surface area contributed by atoms with Crippen LogP contribution in [0.4, 0.5) is 0 Å². The highest BCUT2D eigenvalue weighted by Gasteiger charge is 2.13. The topological polar surface area (TPSA) is 43.4 Å². The summed E-state index contributed by atoms with van der Waals surface area (Å²) in [5.41, 5.74) is 2.35. The van der Waals surface area contributed by atoms with Gasteiger partial charge in [0.25, 0.3) is 0 Å². The van der Waals surface area contributed by atoms with E-state index in [0.717, 1.165) is 5.56 Å². The predicted molar refractivity (Wildman–Crippen MR) is 78.3 cm³/mol. The van der Waals surface area contributed by atoms with E-state index in [2.05, 4.69) is 0 Å². The van der Waals surface area contributed by atoms with E-state index < -0.39 is 5.97 Å². The Morgan fingerprint density at radius 3 is 2.20 bits per heavy atom. The maximum Gasteiger partial charge on any atom is 0.343 e. The molecule has 0 spiro atoms. The van der Waals surface area contributed by atoms with Gasteiger partial charge in [0.15, 0.2) is 5.75 Å². The van der Waals surface area contributed by atoms with Gasteiger partial charge in [-0.3, -0.25) is 4.79 Å². The lowest BCUT2D eigenvalue weighted by Crippen LogP contribution is -2.15. The maximum atomic E-state index is 12.2. The number of ether oxygens (including phenoxy) is 1. The molecule has 0 amide bonds. The summed E-state index contributed by atoms with van der Waals surface area (Å²) < 4.78 is 5.31. The second-order valence-electron chi connectivity index (χ2n) is 4.81. The maximum absolute atomic E-state index is 12.2. The minimum Gasteiger partial charge on any atom is -0.418 e. The van der Waals surface area contributed by atoms with Crippen molar-refractivity contribution in [2.75, 3.05) is 0 Å². The van der Waals surface area contributed by atoms with Gasteiger partial charge in [-0.25, -0.2) is 4.79 Å². The van der Waals surface area contributed by atoms with Crippen molar-refractivity contribution in [3.8, 4) is 5.75 Å². The first kappa shape index (κ1) is 14.0. The fourth-order valence-electron chi connectivity index (χ4n) is 2.07. The van der Waals surface area contributed by atoms with E-state index in [1.165, 1.54) is 0 Å². The van der Waals surface area contributed by atoms with E-state index in [-0.39, 0.29) is 11.2 Å². The number of rotatable bonds is 2. The van der Waals surface area contributed by atoms with Crippen LogP contribution < -0.4 is 10.2 Å². The third kappa shape index (κ3) is 2.94. The second-order valence-corrected chi connectivity index (χ2v) is 4.81. The van der Waals surface area contributed by atoms with Crippen molar-refractivity contribution in [2.45, 2.75) is 20.8 Å². The highest BCUT2D eigenvalue weighted by atomic mass is 16.5. The van der Waals surface area contributed by atoms with Gasteiger partial charge in [-0.05, 0) is 38.5 Å². The van der Waals surface area contributed by atoms with Gasteiger partial charge >= 0.3 is 5.97 Å². The Bertz CT molecular complexity index is 703. The fourth-order valence-corrected chi connectivity index (χ4v) is 2.07. The van der Waals surface area contributed by atoms with Gasteiger partial charge in [-0.2, -0.15) is 0 Å². The van der Waals surface area contributed by atoms with Crippen LogP contribution in [-0.4, -0.2) is 5.97 Å². The molecule has 0 aliphatic carbocycles. The minimum absolute atomic E-state index is 0.101. The molecule has 20 heavy (non-hydrogen) atoms. The Kier molecular flexibility index (Phi) is 3.99. The first-order valence-corrected chi connectivity index (χ1v) is 6.38. The molecule has 3 heteroatoms. The van der Waals surface area contributed by atoms with E-state index in [4.69, 9.17) is 4.74 Å². The van der Waals surface area contributed by atoms with Gasteiger partial charge in [0, 0.05) is 5.56 Å². The molecule has 0 radical (unpaired) electrons. The number of benzene rings is 1. The van der Waals surface area contributed by atoms with Crippen molar-refractivity contribution >= 4 is 5.97 Å². The highest BCUT2D eigenvalue weighted by Crippen LogP contribution is 2.15. The third-order valence-corrected chi connectivity index (χ3v) is 3.02. The Balaban J connectivity index is 2.45. The van der Waals surface area contributed by atoms with E-state index in [0.29, 0.717) is 16.7 Å². The van der Waals surface area contributed by atoms with Crippen molar-refractivity contribution < 1.29 is 9.53 Å². The summed E-state index contributed by atoms with van der Waals surface area (Å²) in [5, 5.41) is 0. The van der Waals surface area contributed by atoms with Crippen LogP contribution in [0.1, 0.15) is 27.0 Å². The summed E-state index contributed by atoms with van der Waals surface area (Å²) in [4.78, 5) is 24.3. The monoisotopic (exact) mass is 268 g/mol. The molecule has 0 N–H and O–H groups in total. The smallest absolute Gasteiger partial charge is 0.343 e. The number of carbonyl (C=O) groups excluding carboxylic acids is 1. The average molecular weight is 268 g/mol. The van der Waals surface area contributed by atoms with Gasteiger partial charge in [0.05, 0.1) is 5.56 Å². The fraction of sp³-hybridized carbons (Fsp3) is 0.176. The van der Waals surface area contributed by atoms with Crippen LogP contribution in [-0.2, 0) is 0 Å². The van der Waals surface area contributed by atoms with Crippen molar-refractivity contribution in [2.24, 2.45) is 0 Å². The molecule has 0 saturated carbocycles. The molecular formula is C17H16O3. The summed E-state index contributed by atoms with van der Waals surface area (Å²) in [7, 11) is 0. The molecule has 0 fully saturated rings. The number of esters is 1. The molecular weight excluding hydrogens is 252 g/mol. The predicted octanol–water partition coefficient (Wildman–Crippen LogP) is 3.19. The minimum atomic E-state index is -0.519. The zero-order chi connectivity index (χ0) is 14.7. The van der Waals surface area contributed by atoms with E-state index in [1.807, 2.05) is 19.1 Å². The summed E-state index contributed by atoms with van der Waals surface area (Å²) in [6.07, 6.45) is 0. The Labute approximate surface area is 117 Å². The number of carbonyl (C=O) groups is 1. The zero-order valence-corrected chi connectivity index (χ0v) is 11.8. The van der Waals surface area contributed by atoms with Crippen LogP contribution in [0.15, 0.2) is 47.3 Å². The van der Waals surface area contributed by atoms with E-state index >= 15 is 0 Å². The van der Waals surface area contributed by atoms with Crippen LogP contribution in [0.2, 0.25) is 0 Å². The standard InChI is InChI=1S/C17H16O3/c1-11-9-12(2)15(18)16(13(3)10-11)20-17(19)14-7-5-4-6-8-14/h4-10H,1-3H3. The van der Waals surface area contributed by atoms with Gasteiger partial charge in [-0.1, -0.05) is 35.9 Å². The molecule has 2 aromatic carbocycles. The van der Waals surface area contributed by atoms with Gasteiger partial charge < -0.3 is 4.74 Å². The van der Waals surface area contributed by atoms with Crippen LogP contribution in [0.3, 0.4) is 0 Å². The Hall–Kier alpha value is -2.42. The molecule has 0 aromatic heterocycles. The van der Waals surface area contributed by atoms with Crippen LogP contribution >= 0.6 is 0 Å². The highest BCUT2D eigenvalue weighted by molar-refractivity contribution is 5.91. The van der Waals surface area contributed by atoms with Crippen molar-refractivity contribution in [1.82, 2.24) is 0 Å². The molecule has 0 bridgehead atoms. The molecule has 0 saturated heterocycles. The Morgan fingerprint density at radius 2 is 1.55 bits per heavy atom. The van der Waals surface area contributed by atoms with E-state index in [9.17, 15) is 9.59 Å². The molecule has 0 aliphatic rings. The number of hydrogen-bond donors (Lipinski definition) is 0. The SMILES string of the molecule is Cc1cc(C)c(OC(=O)c2ccccc2)c(=O)c(C)c1. The molecule has 3 nitrogen and oxygen atoms in total. The van der Waals surface area contributed by atoms with Crippen molar-refractivity contribution in [3.05, 3.63) is 74.9 Å². The molecule has 0 atom stereocenters. The number of aryl methyl sites for hydroxylation is 3. The van der Waals surface area contributed by atoms with Crippen LogP contribution in [0.5, 0.6) is 5.75 Å². The van der Waals surface area contributed by atoms with E-state index in [1.54, 1.807) is 44.2 Å². The summed E-state index contributed by atoms with van der Waals surface area (Å²) >= 11 is 0. The summed E-state index contributed by atoms with van der Waals surface area (Å²) in [6, 6.07) is 12.3. The second kappa shape index (κ2) is 5.70. The third-order valence-electron chi connectivity index (χ3n) is 3.02. The molecule has 2 aromatic rings.